The number of benzene rings is 1. The van der Waals surface area contributed by atoms with Gasteiger partial charge in [-0.2, -0.15) is 5.10 Å². The number of aromatic carboxylic acids is 1. The maximum Gasteiger partial charge on any atom is 0.335 e. The van der Waals surface area contributed by atoms with E-state index in [1.54, 1.807) is 18.1 Å². The Bertz CT molecular complexity index is 604. The molecule has 0 unspecified atom stereocenters. The molecule has 1 aromatic heterocycles. The fourth-order valence-corrected chi connectivity index (χ4v) is 1.49. The van der Waals surface area contributed by atoms with Crippen LogP contribution in [0.1, 0.15) is 26.5 Å². The van der Waals surface area contributed by atoms with Gasteiger partial charge in [0.25, 0.3) is 5.91 Å². The van der Waals surface area contributed by atoms with Gasteiger partial charge in [0.1, 0.15) is 6.33 Å². The first-order valence-corrected chi connectivity index (χ1v) is 5.52. The van der Waals surface area contributed by atoms with Crippen LogP contribution in [-0.4, -0.2) is 31.7 Å². The van der Waals surface area contributed by atoms with Gasteiger partial charge in [0, 0.05) is 12.6 Å². The fourth-order valence-electron chi connectivity index (χ4n) is 1.49. The van der Waals surface area contributed by atoms with Crippen LogP contribution in [0.4, 0.5) is 0 Å². The number of hydrogen-bond donors (Lipinski definition) is 2. The zero-order valence-electron chi connectivity index (χ0n) is 10.2. The average molecular weight is 260 g/mol. The van der Waals surface area contributed by atoms with Crippen molar-refractivity contribution >= 4 is 11.9 Å². The van der Waals surface area contributed by atoms with Crippen molar-refractivity contribution in [2.45, 2.75) is 6.54 Å². The molecule has 98 valence electrons. The second kappa shape index (κ2) is 5.30. The van der Waals surface area contributed by atoms with Crippen molar-refractivity contribution in [3.63, 3.8) is 0 Å². The molecule has 0 bridgehead atoms. The number of carboxylic acids is 1. The van der Waals surface area contributed by atoms with Gasteiger partial charge in [0.15, 0.2) is 5.82 Å². The lowest BCUT2D eigenvalue weighted by Crippen LogP contribution is -2.23. The van der Waals surface area contributed by atoms with Crippen LogP contribution in [-0.2, 0) is 13.6 Å². The van der Waals surface area contributed by atoms with Gasteiger partial charge in [-0.15, -0.1) is 0 Å². The van der Waals surface area contributed by atoms with Crippen molar-refractivity contribution in [1.82, 2.24) is 20.1 Å². The SMILES string of the molecule is Cn1cnc(CNC(=O)c2ccc(C(=O)O)cc2)n1. The van der Waals surface area contributed by atoms with Crippen LogP contribution >= 0.6 is 0 Å². The van der Waals surface area contributed by atoms with Gasteiger partial charge in [0.05, 0.1) is 12.1 Å². The molecule has 1 aromatic carbocycles. The van der Waals surface area contributed by atoms with E-state index in [0.717, 1.165) is 0 Å². The molecule has 0 aliphatic heterocycles. The average Bonchev–Trinajstić information content (AvgIpc) is 2.82. The number of carbonyl (C=O) groups excluding carboxylic acids is 1. The number of aromatic nitrogens is 3. The van der Waals surface area contributed by atoms with E-state index in [1.807, 2.05) is 0 Å². The van der Waals surface area contributed by atoms with Crippen LogP contribution in [0.2, 0.25) is 0 Å². The number of hydrogen-bond acceptors (Lipinski definition) is 4. The van der Waals surface area contributed by atoms with Gasteiger partial charge < -0.3 is 10.4 Å². The van der Waals surface area contributed by atoms with Crippen LogP contribution < -0.4 is 5.32 Å². The summed E-state index contributed by atoms with van der Waals surface area (Å²) in [7, 11) is 1.74. The maximum absolute atomic E-state index is 11.8. The minimum Gasteiger partial charge on any atom is -0.478 e. The molecule has 7 heteroatoms. The first kappa shape index (κ1) is 12.7. The summed E-state index contributed by atoms with van der Waals surface area (Å²) in [5.74, 6) is -0.813. The maximum atomic E-state index is 11.8. The molecule has 19 heavy (non-hydrogen) atoms. The number of amides is 1. The standard InChI is InChI=1S/C12H12N4O3/c1-16-7-14-10(15-16)6-13-11(17)8-2-4-9(5-3-8)12(18)19/h2-5,7H,6H2,1H3,(H,13,17)(H,18,19). The van der Waals surface area contributed by atoms with E-state index in [0.29, 0.717) is 11.4 Å². The predicted octanol–water partition coefficient (Wildman–Crippen LogP) is 0.443. The summed E-state index contributed by atoms with van der Waals surface area (Å²) in [5, 5.41) is 15.4. The Morgan fingerprint density at radius 1 is 1.26 bits per heavy atom. The predicted molar refractivity (Wildman–Crippen MR) is 65.6 cm³/mol. The molecule has 0 radical (unpaired) electrons. The number of rotatable bonds is 4. The number of carbonyl (C=O) groups is 2. The third kappa shape index (κ3) is 3.15. The zero-order chi connectivity index (χ0) is 13.8. The molecule has 2 N–H and O–H groups in total. The van der Waals surface area contributed by atoms with Crippen LogP contribution in [0.25, 0.3) is 0 Å². The molecule has 0 saturated carbocycles. The Morgan fingerprint density at radius 2 is 1.89 bits per heavy atom. The summed E-state index contributed by atoms with van der Waals surface area (Å²) in [5.41, 5.74) is 0.531. The van der Waals surface area contributed by atoms with Gasteiger partial charge >= 0.3 is 5.97 Å². The minimum absolute atomic E-state index is 0.142. The van der Waals surface area contributed by atoms with Crippen LogP contribution in [0.15, 0.2) is 30.6 Å². The molecule has 2 rings (SSSR count). The van der Waals surface area contributed by atoms with Gasteiger partial charge in [-0.3, -0.25) is 9.48 Å². The van der Waals surface area contributed by atoms with Crippen molar-refractivity contribution in [3.8, 4) is 0 Å². The first-order valence-electron chi connectivity index (χ1n) is 5.52. The highest BCUT2D eigenvalue weighted by Crippen LogP contribution is 2.04. The van der Waals surface area contributed by atoms with E-state index in [2.05, 4.69) is 15.4 Å². The molecular formula is C12H12N4O3. The Labute approximate surface area is 108 Å². The quantitative estimate of drug-likeness (QED) is 0.831. The first-order chi connectivity index (χ1) is 9.06. The van der Waals surface area contributed by atoms with Crippen LogP contribution in [0.5, 0.6) is 0 Å². The van der Waals surface area contributed by atoms with Gasteiger partial charge in [-0.05, 0) is 24.3 Å². The van der Waals surface area contributed by atoms with E-state index >= 15 is 0 Å². The second-order valence-electron chi connectivity index (χ2n) is 3.90. The van der Waals surface area contributed by atoms with E-state index < -0.39 is 5.97 Å². The molecule has 0 atom stereocenters. The summed E-state index contributed by atoms with van der Waals surface area (Å²) in [6.07, 6.45) is 1.54. The Morgan fingerprint density at radius 3 is 2.42 bits per heavy atom. The van der Waals surface area contributed by atoms with Gasteiger partial charge in [-0.1, -0.05) is 0 Å². The molecule has 1 amide bonds. The third-order valence-electron chi connectivity index (χ3n) is 2.45. The topological polar surface area (TPSA) is 97.1 Å². The summed E-state index contributed by atoms with van der Waals surface area (Å²) in [6, 6.07) is 5.70. The van der Waals surface area contributed by atoms with Gasteiger partial charge in [-0.25, -0.2) is 9.78 Å². The molecule has 0 aliphatic carbocycles. The van der Waals surface area contributed by atoms with Crippen molar-refractivity contribution in [1.29, 1.82) is 0 Å². The molecule has 1 heterocycles. The highest BCUT2D eigenvalue weighted by molar-refractivity contribution is 5.95. The normalized spacial score (nSPS) is 10.2. The number of nitrogens with one attached hydrogen (secondary N) is 1. The fraction of sp³-hybridized carbons (Fsp3) is 0.167. The van der Waals surface area contributed by atoms with E-state index in [-0.39, 0.29) is 18.0 Å². The molecule has 0 aliphatic rings. The molecule has 7 nitrogen and oxygen atoms in total. The summed E-state index contributed by atoms with van der Waals surface area (Å²) >= 11 is 0. The number of nitrogens with zero attached hydrogens (tertiary/aromatic N) is 3. The van der Waals surface area contributed by atoms with Crippen molar-refractivity contribution in [3.05, 3.63) is 47.5 Å². The van der Waals surface area contributed by atoms with Crippen LogP contribution in [0.3, 0.4) is 0 Å². The lowest BCUT2D eigenvalue weighted by Gasteiger charge is -2.03. The molecule has 2 aromatic rings. The summed E-state index contributed by atoms with van der Waals surface area (Å²) in [4.78, 5) is 26.4. The summed E-state index contributed by atoms with van der Waals surface area (Å²) in [6.45, 7) is 0.223. The smallest absolute Gasteiger partial charge is 0.335 e. The monoisotopic (exact) mass is 260 g/mol. The van der Waals surface area contributed by atoms with E-state index in [9.17, 15) is 9.59 Å². The van der Waals surface area contributed by atoms with Crippen molar-refractivity contribution in [2.24, 2.45) is 7.05 Å². The lowest BCUT2D eigenvalue weighted by atomic mass is 10.1. The van der Waals surface area contributed by atoms with Crippen LogP contribution in [0, 0.1) is 0 Å². The Balaban J connectivity index is 1.98. The van der Waals surface area contributed by atoms with E-state index in [1.165, 1.54) is 24.3 Å². The second-order valence-corrected chi connectivity index (χ2v) is 3.90. The molecular weight excluding hydrogens is 248 g/mol. The summed E-state index contributed by atoms with van der Waals surface area (Å²) < 4.78 is 1.54. The zero-order valence-corrected chi connectivity index (χ0v) is 10.2. The van der Waals surface area contributed by atoms with Crippen molar-refractivity contribution < 1.29 is 14.7 Å². The molecule has 0 saturated heterocycles. The van der Waals surface area contributed by atoms with Gasteiger partial charge in [0.2, 0.25) is 0 Å². The molecule has 0 fully saturated rings. The molecule has 0 spiro atoms. The highest BCUT2D eigenvalue weighted by atomic mass is 16.4. The van der Waals surface area contributed by atoms with Crippen molar-refractivity contribution in [2.75, 3.05) is 0 Å². The largest absolute Gasteiger partial charge is 0.478 e. The highest BCUT2D eigenvalue weighted by Gasteiger charge is 2.08. The lowest BCUT2D eigenvalue weighted by molar-refractivity contribution is 0.0696. The Kier molecular flexibility index (Phi) is 3.56. The number of carboxylic acid groups (broad SMARTS) is 1. The number of aryl methyl sites for hydroxylation is 1. The Hall–Kier alpha value is -2.70. The van der Waals surface area contributed by atoms with E-state index in [4.69, 9.17) is 5.11 Å². The minimum atomic E-state index is -1.02. The third-order valence-corrected chi connectivity index (χ3v) is 2.45.